The van der Waals surface area contributed by atoms with Crippen molar-refractivity contribution in [2.24, 2.45) is 0 Å². The molecule has 0 aromatic carbocycles. The summed E-state index contributed by atoms with van der Waals surface area (Å²) in [5, 5.41) is 3.37. The molecule has 5 nitrogen and oxygen atoms in total. The van der Waals surface area contributed by atoms with Crippen molar-refractivity contribution < 1.29 is 8.42 Å². The van der Waals surface area contributed by atoms with Crippen molar-refractivity contribution in [1.29, 1.82) is 0 Å². The summed E-state index contributed by atoms with van der Waals surface area (Å²) in [4.78, 5) is 6.51. The highest BCUT2D eigenvalue weighted by Gasteiger charge is 2.31. The van der Waals surface area contributed by atoms with Crippen LogP contribution in [-0.2, 0) is 16.4 Å². The fourth-order valence-electron chi connectivity index (χ4n) is 2.58. The molecule has 0 aliphatic carbocycles. The molecule has 0 radical (unpaired) electrons. The average molecular weight is 376 g/mol. The molecule has 1 aliphatic rings. The summed E-state index contributed by atoms with van der Waals surface area (Å²) < 4.78 is 24.3. The van der Waals surface area contributed by atoms with Crippen molar-refractivity contribution in [3.05, 3.63) is 22.3 Å². The Balaban J connectivity index is 2.17. The largest absolute Gasteiger partial charge is 0.355 e. The van der Waals surface area contributed by atoms with Crippen molar-refractivity contribution in [3.63, 3.8) is 0 Å². The average Bonchev–Trinajstić information content (AvgIpc) is 2.79. The second-order valence-corrected chi connectivity index (χ2v) is 8.63. The third-order valence-electron chi connectivity index (χ3n) is 3.74. The normalized spacial score (nSPS) is 20.6. The van der Waals surface area contributed by atoms with Gasteiger partial charge in [-0.3, -0.25) is 0 Å². The molecule has 1 unspecified atom stereocenters. The van der Waals surface area contributed by atoms with E-state index in [-0.39, 0.29) is 17.5 Å². The highest BCUT2D eigenvalue weighted by atomic mass is 79.9. The third-order valence-corrected chi connectivity index (χ3v) is 5.93. The van der Waals surface area contributed by atoms with Crippen LogP contribution in [0, 0.1) is 0 Å². The Morgan fingerprint density at radius 3 is 2.90 bits per heavy atom. The van der Waals surface area contributed by atoms with Gasteiger partial charge in [0.05, 0.1) is 11.5 Å². The molecule has 0 saturated carbocycles. The quantitative estimate of drug-likeness (QED) is 0.770. The molecular weight excluding hydrogens is 354 g/mol. The minimum absolute atomic E-state index is 0.0219. The predicted octanol–water partition coefficient (Wildman–Crippen LogP) is 1.97. The lowest BCUT2D eigenvalue weighted by Crippen LogP contribution is -2.34. The summed E-state index contributed by atoms with van der Waals surface area (Å²) in [5.74, 6) is 1.37. The molecule has 1 aromatic rings. The summed E-state index contributed by atoms with van der Waals surface area (Å²) in [5.41, 5.74) is 1.09. The minimum Gasteiger partial charge on any atom is -0.355 e. The molecule has 1 saturated heterocycles. The first-order chi connectivity index (χ1) is 9.93. The molecule has 0 amide bonds. The minimum atomic E-state index is -2.88. The number of nitrogens with one attached hydrogen (secondary N) is 1. The zero-order chi connectivity index (χ0) is 15.5. The van der Waals surface area contributed by atoms with Crippen LogP contribution >= 0.6 is 15.9 Å². The van der Waals surface area contributed by atoms with E-state index in [9.17, 15) is 8.42 Å². The monoisotopic (exact) mass is 375 g/mol. The van der Waals surface area contributed by atoms with Crippen molar-refractivity contribution >= 4 is 31.6 Å². The van der Waals surface area contributed by atoms with Gasteiger partial charge in [0.2, 0.25) is 0 Å². The van der Waals surface area contributed by atoms with Crippen LogP contribution in [0.15, 0.2) is 16.7 Å². The van der Waals surface area contributed by atoms with Gasteiger partial charge in [0.15, 0.2) is 9.84 Å². The van der Waals surface area contributed by atoms with Crippen LogP contribution in [-0.4, -0.2) is 44.5 Å². The van der Waals surface area contributed by atoms with E-state index in [1.807, 2.05) is 18.0 Å². The standard InChI is InChI=1S/C14H22BrN3O2S/c1-3-5-16-8-11-7-12(15)9-17-14(11)18(2)13-4-6-21(19,20)10-13/h7,9,13,16H,3-6,8,10H2,1-2H3. The highest BCUT2D eigenvalue weighted by Crippen LogP contribution is 2.26. The van der Waals surface area contributed by atoms with Crippen LogP contribution in [0.1, 0.15) is 25.3 Å². The second-order valence-electron chi connectivity index (χ2n) is 5.48. The molecule has 2 heterocycles. The number of anilines is 1. The van der Waals surface area contributed by atoms with Crippen LogP contribution in [0.3, 0.4) is 0 Å². The molecule has 118 valence electrons. The molecule has 1 aromatic heterocycles. The van der Waals surface area contributed by atoms with Gasteiger partial charge in [-0.15, -0.1) is 0 Å². The molecule has 0 spiro atoms. The van der Waals surface area contributed by atoms with Crippen LogP contribution in [0.5, 0.6) is 0 Å². The maximum absolute atomic E-state index is 11.7. The van der Waals surface area contributed by atoms with Crippen LogP contribution < -0.4 is 10.2 Å². The number of sulfone groups is 1. The summed E-state index contributed by atoms with van der Waals surface area (Å²) >= 11 is 3.45. The van der Waals surface area contributed by atoms with Crippen molar-refractivity contribution in [2.75, 3.05) is 30.0 Å². The lowest BCUT2D eigenvalue weighted by Gasteiger charge is -2.27. The van der Waals surface area contributed by atoms with Gasteiger partial charge < -0.3 is 10.2 Å². The molecule has 7 heteroatoms. The second kappa shape index (κ2) is 7.07. The molecule has 1 N–H and O–H groups in total. The van der Waals surface area contributed by atoms with Crippen molar-refractivity contribution in [1.82, 2.24) is 10.3 Å². The number of rotatable bonds is 6. The molecular formula is C14H22BrN3O2S. The lowest BCUT2D eigenvalue weighted by atomic mass is 10.2. The first kappa shape index (κ1) is 16.7. The topological polar surface area (TPSA) is 62.3 Å². The SMILES string of the molecule is CCCNCc1cc(Br)cnc1N(C)C1CCS(=O)(=O)C1. The zero-order valence-corrected chi connectivity index (χ0v) is 14.9. The fourth-order valence-corrected chi connectivity index (χ4v) is 4.73. The van der Waals surface area contributed by atoms with Gasteiger partial charge in [-0.2, -0.15) is 0 Å². The van der Waals surface area contributed by atoms with E-state index < -0.39 is 9.84 Å². The van der Waals surface area contributed by atoms with Gasteiger partial charge in [0.1, 0.15) is 5.82 Å². The molecule has 1 fully saturated rings. The summed E-state index contributed by atoms with van der Waals surface area (Å²) in [6, 6.07) is 2.07. The molecule has 2 rings (SSSR count). The Bertz CT molecular complexity index is 592. The molecule has 0 bridgehead atoms. The molecule has 1 aliphatic heterocycles. The van der Waals surface area contributed by atoms with Gasteiger partial charge in [0, 0.05) is 35.9 Å². The number of aromatic nitrogens is 1. The maximum atomic E-state index is 11.7. The van der Waals surface area contributed by atoms with Gasteiger partial charge in [-0.25, -0.2) is 13.4 Å². The Morgan fingerprint density at radius 1 is 1.52 bits per heavy atom. The van der Waals surface area contributed by atoms with Crippen LogP contribution in [0.4, 0.5) is 5.82 Å². The van der Waals surface area contributed by atoms with Crippen molar-refractivity contribution in [2.45, 2.75) is 32.4 Å². The van der Waals surface area contributed by atoms with Gasteiger partial charge in [-0.1, -0.05) is 6.92 Å². The van der Waals surface area contributed by atoms with E-state index in [1.54, 1.807) is 6.20 Å². The van der Waals surface area contributed by atoms with E-state index in [4.69, 9.17) is 0 Å². The number of hydrogen-bond acceptors (Lipinski definition) is 5. The smallest absolute Gasteiger partial charge is 0.152 e. The Hall–Kier alpha value is -0.660. The Kier molecular flexibility index (Phi) is 5.62. The van der Waals surface area contributed by atoms with Gasteiger partial charge in [-0.05, 0) is 41.4 Å². The van der Waals surface area contributed by atoms with Gasteiger partial charge >= 0.3 is 0 Å². The van der Waals surface area contributed by atoms with Crippen LogP contribution in [0.25, 0.3) is 0 Å². The number of halogens is 1. The summed E-state index contributed by atoms with van der Waals surface area (Å²) in [6.07, 6.45) is 3.52. The summed E-state index contributed by atoms with van der Waals surface area (Å²) in [6.45, 7) is 3.81. The first-order valence-electron chi connectivity index (χ1n) is 7.21. The van der Waals surface area contributed by atoms with E-state index in [2.05, 4.69) is 33.2 Å². The van der Waals surface area contributed by atoms with Crippen LogP contribution in [0.2, 0.25) is 0 Å². The number of pyridine rings is 1. The van der Waals surface area contributed by atoms with E-state index in [1.165, 1.54) is 0 Å². The first-order valence-corrected chi connectivity index (χ1v) is 9.83. The number of hydrogen-bond donors (Lipinski definition) is 1. The van der Waals surface area contributed by atoms with Crippen molar-refractivity contribution in [3.8, 4) is 0 Å². The Labute approximate surface area is 135 Å². The van der Waals surface area contributed by atoms with Gasteiger partial charge in [0.25, 0.3) is 0 Å². The third kappa shape index (κ3) is 4.40. The van der Waals surface area contributed by atoms with E-state index in [0.717, 1.165) is 35.4 Å². The number of nitrogens with zero attached hydrogens (tertiary/aromatic N) is 2. The molecule has 21 heavy (non-hydrogen) atoms. The van der Waals surface area contributed by atoms with E-state index in [0.29, 0.717) is 6.42 Å². The Morgan fingerprint density at radius 2 is 2.29 bits per heavy atom. The highest BCUT2D eigenvalue weighted by molar-refractivity contribution is 9.10. The van der Waals surface area contributed by atoms with E-state index >= 15 is 0 Å². The fraction of sp³-hybridized carbons (Fsp3) is 0.643. The maximum Gasteiger partial charge on any atom is 0.152 e. The predicted molar refractivity (Wildman–Crippen MR) is 89.4 cm³/mol. The zero-order valence-electron chi connectivity index (χ0n) is 12.5. The summed E-state index contributed by atoms with van der Waals surface area (Å²) in [7, 11) is -0.949. The lowest BCUT2D eigenvalue weighted by molar-refractivity contribution is 0.600. The molecule has 1 atom stereocenters.